The number of benzene rings is 1. The van der Waals surface area contributed by atoms with E-state index in [9.17, 15) is 9.59 Å². The molecule has 4 saturated carbocycles. The number of hydrazone groups is 1. The molecule has 3 aromatic rings. The van der Waals surface area contributed by atoms with Crippen LogP contribution in [0.2, 0.25) is 0 Å². The van der Waals surface area contributed by atoms with Gasteiger partial charge in [-0.05, 0) is 116 Å². The van der Waals surface area contributed by atoms with Gasteiger partial charge in [-0.15, -0.1) is 5.10 Å². The molecular formula is C30H37N9O5. The second kappa shape index (κ2) is 12.0. The van der Waals surface area contributed by atoms with Crippen LogP contribution in [0.25, 0.3) is 5.82 Å². The number of piperidine rings is 1. The number of aromatic nitrogens is 5. The molecule has 14 heteroatoms. The first-order valence-corrected chi connectivity index (χ1v) is 15.4. The van der Waals surface area contributed by atoms with Gasteiger partial charge >= 0.3 is 5.97 Å². The van der Waals surface area contributed by atoms with E-state index < -0.39 is 5.91 Å². The molecule has 1 aromatic carbocycles. The number of nitrogens with zero attached hydrogens (tertiary/aromatic N) is 7. The van der Waals surface area contributed by atoms with E-state index >= 15 is 0 Å². The number of nitrogens with one attached hydrogen (secondary N) is 1. The molecule has 1 saturated heterocycles. The number of ether oxygens (including phenoxy) is 2. The Morgan fingerprint density at radius 1 is 1.07 bits per heavy atom. The highest BCUT2D eigenvalue weighted by atomic mass is 16.6. The number of nitrogen functional groups attached to an aromatic ring is 1. The Kier molecular flexibility index (Phi) is 7.75. The second-order valence-electron chi connectivity index (χ2n) is 12.6. The Labute approximate surface area is 254 Å². The van der Waals surface area contributed by atoms with Crippen LogP contribution in [0.4, 0.5) is 5.82 Å². The average Bonchev–Trinajstić information content (AvgIpc) is 3.63. The first kappa shape index (κ1) is 28.4. The van der Waals surface area contributed by atoms with Gasteiger partial charge in [0.15, 0.2) is 17.2 Å². The number of anilines is 1. The van der Waals surface area contributed by atoms with E-state index in [2.05, 4.69) is 36.1 Å². The van der Waals surface area contributed by atoms with Gasteiger partial charge in [0.2, 0.25) is 11.6 Å². The molecule has 4 aliphatic carbocycles. The Balaban J connectivity index is 1.04. The monoisotopic (exact) mass is 603 g/mol. The number of amides is 1. The molecule has 1 amide bonds. The lowest BCUT2D eigenvalue weighted by Crippen LogP contribution is -2.49. The summed E-state index contributed by atoms with van der Waals surface area (Å²) >= 11 is 0. The minimum absolute atomic E-state index is 0.0202. The van der Waals surface area contributed by atoms with Gasteiger partial charge in [-0.3, -0.25) is 14.5 Å². The minimum Gasteiger partial charge on any atom is -0.493 e. The summed E-state index contributed by atoms with van der Waals surface area (Å²) in [5.41, 5.74) is 9.68. The van der Waals surface area contributed by atoms with E-state index in [-0.39, 0.29) is 29.2 Å². The largest absolute Gasteiger partial charge is 0.493 e. The van der Waals surface area contributed by atoms with E-state index in [4.69, 9.17) is 19.8 Å². The SMILES string of the molecule is COc1cc(/C=N\NC(=O)c2c(CN3CCCCC3)nnn2-c2nonc2N)ccc1OC(=O)C1C2CC3CC(C2)CC1C3. The van der Waals surface area contributed by atoms with Crippen LogP contribution >= 0.6 is 0 Å². The zero-order valence-electron chi connectivity index (χ0n) is 24.7. The fourth-order valence-electron chi connectivity index (χ4n) is 8.02. The Morgan fingerprint density at radius 2 is 1.82 bits per heavy atom. The third kappa shape index (κ3) is 5.53. The molecule has 8 rings (SSSR count). The summed E-state index contributed by atoms with van der Waals surface area (Å²) in [7, 11) is 1.53. The Morgan fingerprint density at radius 3 is 2.50 bits per heavy atom. The summed E-state index contributed by atoms with van der Waals surface area (Å²) in [4.78, 5) is 28.9. The number of nitrogens with two attached hydrogens (primary N) is 1. The van der Waals surface area contributed by atoms with Crippen LogP contribution in [-0.2, 0) is 11.3 Å². The van der Waals surface area contributed by atoms with E-state index in [0.717, 1.165) is 63.5 Å². The van der Waals surface area contributed by atoms with E-state index in [1.54, 1.807) is 18.2 Å². The number of esters is 1. The molecule has 232 valence electrons. The van der Waals surface area contributed by atoms with Crippen molar-refractivity contribution in [3.63, 3.8) is 0 Å². The highest BCUT2D eigenvalue weighted by Gasteiger charge is 2.51. The highest BCUT2D eigenvalue weighted by Crippen LogP contribution is 2.56. The first-order chi connectivity index (χ1) is 21.5. The van der Waals surface area contributed by atoms with Gasteiger partial charge in [0.05, 0.1) is 19.2 Å². The van der Waals surface area contributed by atoms with Crippen molar-refractivity contribution in [2.45, 2.75) is 57.9 Å². The van der Waals surface area contributed by atoms with Gasteiger partial charge in [0, 0.05) is 6.54 Å². The number of rotatable bonds is 9. The lowest BCUT2D eigenvalue weighted by molar-refractivity contribution is -0.152. The van der Waals surface area contributed by atoms with Crippen LogP contribution in [0.15, 0.2) is 27.9 Å². The summed E-state index contributed by atoms with van der Waals surface area (Å²) in [6.45, 7) is 2.27. The van der Waals surface area contributed by atoms with Crippen molar-refractivity contribution in [1.82, 2.24) is 35.6 Å². The maximum Gasteiger partial charge on any atom is 0.315 e. The van der Waals surface area contributed by atoms with Crippen LogP contribution in [-0.4, -0.2) is 68.5 Å². The van der Waals surface area contributed by atoms with E-state index in [1.165, 1.54) is 30.8 Å². The molecule has 5 fully saturated rings. The molecule has 2 aromatic heterocycles. The fraction of sp³-hybridized carbons (Fsp3) is 0.567. The predicted molar refractivity (Wildman–Crippen MR) is 157 cm³/mol. The van der Waals surface area contributed by atoms with Gasteiger partial charge in [-0.25, -0.2) is 10.1 Å². The van der Waals surface area contributed by atoms with Gasteiger partial charge < -0.3 is 15.2 Å². The van der Waals surface area contributed by atoms with Crippen molar-refractivity contribution < 1.29 is 23.7 Å². The van der Waals surface area contributed by atoms with E-state index in [1.807, 2.05) is 0 Å². The summed E-state index contributed by atoms with van der Waals surface area (Å²) < 4.78 is 17.4. The molecule has 0 atom stereocenters. The summed E-state index contributed by atoms with van der Waals surface area (Å²) in [6, 6.07) is 5.17. The summed E-state index contributed by atoms with van der Waals surface area (Å²) in [5.74, 6) is 2.54. The number of hydrogen-bond donors (Lipinski definition) is 2. The number of hydrogen-bond acceptors (Lipinski definition) is 12. The zero-order valence-corrected chi connectivity index (χ0v) is 24.7. The quantitative estimate of drug-likeness (QED) is 0.159. The Bertz CT molecular complexity index is 1530. The van der Waals surface area contributed by atoms with Crippen molar-refractivity contribution in [2.75, 3.05) is 25.9 Å². The van der Waals surface area contributed by atoms with Gasteiger partial charge in [0.25, 0.3) is 5.91 Å². The number of methoxy groups -OCH3 is 1. The molecule has 5 aliphatic rings. The normalized spacial score (nSPS) is 26.2. The van der Waals surface area contributed by atoms with Crippen LogP contribution in [0, 0.1) is 29.6 Å². The minimum atomic E-state index is -0.547. The molecule has 4 bridgehead atoms. The van der Waals surface area contributed by atoms with Gasteiger partial charge in [0.1, 0.15) is 5.69 Å². The lowest BCUT2D eigenvalue weighted by atomic mass is 9.52. The number of carbonyl (C=O) groups is 2. The molecule has 3 N–H and O–H groups in total. The number of carbonyl (C=O) groups excluding carboxylic acids is 2. The molecule has 14 nitrogen and oxygen atoms in total. The molecule has 1 aliphatic heterocycles. The smallest absolute Gasteiger partial charge is 0.315 e. The average molecular weight is 604 g/mol. The Hall–Kier alpha value is -4.33. The molecule has 3 heterocycles. The third-order valence-corrected chi connectivity index (χ3v) is 9.75. The topological polar surface area (TPSA) is 176 Å². The predicted octanol–water partition coefficient (Wildman–Crippen LogP) is 2.97. The van der Waals surface area contributed by atoms with Crippen LogP contribution in [0.1, 0.15) is 73.1 Å². The van der Waals surface area contributed by atoms with Crippen molar-refractivity contribution in [3.05, 3.63) is 35.2 Å². The molecular weight excluding hydrogens is 566 g/mol. The molecule has 0 spiro atoms. The summed E-state index contributed by atoms with van der Waals surface area (Å²) in [5, 5.41) is 19.9. The van der Waals surface area contributed by atoms with Crippen LogP contribution in [0.5, 0.6) is 11.5 Å². The van der Waals surface area contributed by atoms with E-state index in [0.29, 0.717) is 41.1 Å². The standard InChI is InChI=1S/C30H37N9O5/c1-42-24-14-17(5-6-23(24)43-30(41)25-20-10-18-9-19(12-20)13-21(25)11-18)15-32-34-29(40)26-22(16-38-7-3-2-4-8-38)33-37-39(26)28-27(31)35-44-36-28/h5-6,14-15,18-21,25H,2-4,7-13,16H2,1H3,(H2,31,35)(H,34,40)/b32-15-. The second-order valence-corrected chi connectivity index (χ2v) is 12.6. The molecule has 0 radical (unpaired) electrons. The third-order valence-electron chi connectivity index (χ3n) is 9.75. The van der Waals surface area contributed by atoms with Crippen molar-refractivity contribution in [3.8, 4) is 17.3 Å². The fourth-order valence-corrected chi connectivity index (χ4v) is 8.02. The highest BCUT2D eigenvalue weighted by molar-refractivity contribution is 5.95. The first-order valence-electron chi connectivity index (χ1n) is 15.4. The lowest BCUT2D eigenvalue weighted by Gasteiger charge is -2.53. The molecule has 0 unspecified atom stereocenters. The van der Waals surface area contributed by atoms with Crippen molar-refractivity contribution >= 4 is 23.9 Å². The summed E-state index contributed by atoms with van der Waals surface area (Å²) in [6.07, 6.45) is 10.7. The maximum atomic E-state index is 13.4. The molecule has 44 heavy (non-hydrogen) atoms. The maximum absolute atomic E-state index is 13.4. The van der Waals surface area contributed by atoms with Crippen molar-refractivity contribution in [2.24, 2.45) is 34.7 Å². The van der Waals surface area contributed by atoms with Crippen LogP contribution in [0.3, 0.4) is 0 Å². The van der Waals surface area contributed by atoms with Gasteiger partial charge in [-0.2, -0.15) is 9.78 Å². The van der Waals surface area contributed by atoms with Crippen LogP contribution < -0.4 is 20.6 Å². The van der Waals surface area contributed by atoms with Crippen molar-refractivity contribution in [1.29, 1.82) is 0 Å². The zero-order chi connectivity index (χ0) is 30.2. The van der Waals surface area contributed by atoms with Gasteiger partial charge in [-0.1, -0.05) is 11.6 Å². The number of likely N-dealkylation sites (tertiary alicyclic amines) is 1.